The SMILES string of the molecule is CNC(c1c(F)cc(F)cc1F)c1cnnn1C. The molecule has 96 valence electrons. The van der Waals surface area contributed by atoms with Gasteiger partial charge < -0.3 is 5.32 Å². The molecule has 7 heteroatoms. The fraction of sp³-hybridized carbons (Fsp3) is 0.273. The Morgan fingerprint density at radius 3 is 2.28 bits per heavy atom. The number of hydrogen-bond acceptors (Lipinski definition) is 3. The molecule has 1 aromatic heterocycles. The van der Waals surface area contributed by atoms with Gasteiger partial charge in [-0.25, -0.2) is 13.2 Å². The third-order valence-electron chi connectivity index (χ3n) is 2.67. The zero-order chi connectivity index (χ0) is 13.3. The van der Waals surface area contributed by atoms with E-state index in [1.54, 1.807) is 14.1 Å². The largest absolute Gasteiger partial charge is 0.308 e. The molecule has 0 aliphatic rings. The van der Waals surface area contributed by atoms with Crippen molar-refractivity contribution in [1.29, 1.82) is 0 Å². The monoisotopic (exact) mass is 256 g/mol. The summed E-state index contributed by atoms with van der Waals surface area (Å²) in [6.45, 7) is 0. The van der Waals surface area contributed by atoms with E-state index in [0.717, 1.165) is 0 Å². The number of halogens is 3. The molecule has 0 spiro atoms. The maximum atomic E-state index is 13.7. The van der Waals surface area contributed by atoms with E-state index < -0.39 is 23.5 Å². The Balaban J connectivity index is 2.56. The predicted octanol–water partition coefficient (Wildman–Crippen LogP) is 1.54. The molecule has 0 fully saturated rings. The van der Waals surface area contributed by atoms with Crippen molar-refractivity contribution in [1.82, 2.24) is 20.3 Å². The first kappa shape index (κ1) is 12.6. The summed E-state index contributed by atoms with van der Waals surface area (Å²) in [5, 5.41) is 10.1. The number of benzene rings is 1. The summed E-state index contributed by atoms with van der Waals surface area (Å²) in [6.07, 6.45) is 1.39. The highest BCUT2D eigenvalue weighted by Crippen LogP contribution is 2.26. The minimum atomic E-state index is -0.952. The third kappa shape index (κ3) is 2.08. The smallest absolute Gasteiger partial charge is 0.134 e. The third-order valence-corrected chi connectivity index (χ3v) is 2.67. The van der Waals surface area contributed by atoms with Gasteiger partial charge in [0, 0.05) is 24.7 Å². The molecular formula is C11H11F3N4. The molecule has 4 nitrogen and oxygen atoms in total. The minimum absolute atomic E-state index is 0.260. The van der Waals surface area contributed by atoms with Gasteiger partial charge in [-0.05, 0) is 7.05 Å². The van der Waals surface area contributed by atoms with E-state index in [4.69, 9.17) is 0 Å². The molecule has 0 saturated carbocycles. The Labute approximate surface area is 101 Å². The first-order valence-corrected chi connectivity index (χ1v) is 5.21. The number of rotatable bonds is 3. The van der Waals surface area contributed by atoms with Crippen LogP contribution in [0.1, 0.15) is 17.3 Å². The lowest BCUT2D eigenvalue weighted by molar-refractivity contribution is 0.489. The predicted molar refractivity (Wildman–Crippen MR) is 58.2 cm³/mol. The molecule has 1 atom stereocenters. The fourth-order valence-corrected chi connectivity index (χ4v) is 1.83. The van der Waals surface area contributed by atoms with E-state index in [2.05, 4.69) is 15.6 Å². The molecule has 0 bridgehead atoms. The van der Waals surface area contributed by atoms with Crippen LogP contribution in [0.4, 0.5) is 13.2 Å². The molecule has 0 radical (unpaired) electrons. The van der Waals surface area contributed by atoms with Crippen molar-refractivity contribution in [3.8, 4) is 0 Å². The Kier molecular flexibility index (Phi) is 3.33. The van der Waals surface area contributed by atoms with Crippen molar-refractivity contribution in [2.24, 2.45) is 7.05 Å². The maximum Gasteiger partial charge on any atom is 0.134 e. The van der Waals surface area contributed by atoms with Gasteiger partial charge in [0.15, 0.2) is 0 Å². The second kappa shape index (κ2) is 4.77. The van der Waals surface area contributed by atoms with Gasteiger partial charge in [0.1, 0.15) is 17.5 Å². The van der Waals surface area contributed by atoms with E-state index in [0.29, 0.717) is 17.8 Å². The zero-order valence-electron chi connectivity index (χ0n) is 9.78. The normalized spacial score (nSPS) is 12.7. The topological polar surface area (TPSA) is 42.7 Å². The molecule has 0 saturated heterocycles. The summed E-state index contributed by atoms with van der Waals surface area (Å²) >= 11 is 0. The second-order valence-corrected chi connectivity index (χ2v) is 3.79. The van der Waals surface area contributed by atoms with Crippen LogP contribution in [0.5, 0.6) is 0 Å². The van der Waals surface area contributed by atoms with Crippen molar-refractivity contribution >= 4 is 0 Å². The van der Waals surface area contributed by atoms with E-state index in [1.807, 2.05) is 0 Å². The van der Waals surface area contributed by atoms with E-state index >= 15 is 0 Å². The number of nitrogens with one attached hydrogen (secondary N) is 1. The lowest BCUT2D eigenvalue weighted by Crippen LogP contribution is -2.23. The summed E-state index contributed by atoms with van der Waals surface area (Å²) < 4.78 is 41.7. The van der Waals surface area contributed by atoms with Gasteiger partial charge in [-0.15, -0.1) is 5.10 Å². The Bertz CT molecular complexity index is 544. The minimum Gasteiger partial charge on any atom is -0.308 e. The maximum absolute atomic E-state index is 13.7. The van der Waals surface area contributed by atoms with Crippen LogP contribution >= 0.6 is 0 Å². The summed E-state index contributed by atoms with van der Waals surface area (Å²) in [4.78, 5) is 0. The first-order chi connectivity index (χ1) is 8.54. The number of nitrogens with zero attached hydrogens (tertiary/aromatic N) is 3. The molecule has 18 heavy (non-hydrogen) atoms. The Morgan fingerprint density at radius 1 is 1.22 bits per heavy atom. The van der Waals surface area contributed by atoms with Crippen LogP contribution < -0.4 is 5.32 Å². The van der Waals surface area contributed by atoms with Gasteiger partial charge in [0.25, 0.3) is 0 Å². The molecule has 1 N–H and O–H groups in total. The summed E-state index contributed by atoms with van der Waals surface area (Å²) in [5.41, 5.74) is 0.214. The summed E-state index contributed by atoms with van der Waals surface area (Å²) in [6, 6.07) is 0.504. The van der Waals surface area contributed by atoms with Crippen LogP contribution in [-0.4, -0.2) is 22.0 Å². The van der Waals surface area contributed by atoms with Gasteiger partial charge in [-0.3, -0.25) is 4.68 Å². The van der Waals surface area contributed by atoms with Crippen LogP contribution in [0.15, 0.2) is 18.3 Å². The van der Waals surface area contributed by atoms with E-state index in [1.165, 1.54) is 10.9 Å². The molecule has 0 aliphatic heterocycles. The van der Waals surface area contributed by atoms with Crippen LogP contribution in [0.25, 0.3) is 0 Å². The summed E-state index contributed by atoms with van der Waals surface area (Å²) in [5.74, 6) is -2.85. The molecular weight excluding hydrogens is 245 g/mol. The lowest BCUT2D eigenvalue weighted by atomic mass is 10.0. The Hall–Kier alpha value is -1.89. The highest BCUT2D eigenvalue weighted by molar-refractivity contribution is 5.30. The first-order valence-electron chi connectivity index (χ1n) is 5.21. The van der Waals surface area contributed by atoms with Crippen LogP contribution in [0.2, 0.25) is 0 Å². The van der Waals surface area contributed by atoms with Gasteiger partial charge >= 0.3 is 0 Å². The van der Waals surface area contributed by atoms with Crippen LogP contribution in [0, 0.1) is 17.5 Å². The number of aromatic nitrogens is 3. The molecule has 2 aromatic rings. The van der Waals surface area contributed by atoms with Crippen LogP contribution in [0.3, 0.4) is 0 Å². The van der Waals surface area contributed by atoms with Crippen molar-refractivity contribution in [3.63, 3.8) is 0 Å². The van der Waals surface area contributed by atoms with Crippen molar-refractivity contribution in [2.45, 2.75) is 6.04 Å². The molecule has 2 rings (SSSR count). The average Bonchev–Trinajstić information content (AvgIpc) is 2.69. The number of aryl methyl sites for hydroxylation is 1. The zero-order valence-corrected chi connectivity index (χ0v) is 9.78. The van der Waals surface area contributed by atoms with Gasteiger partial charge in [-0.2, -0.15) is 0 Å². The second-order valence-electron chi connectivity index (χ2n) is 3.79. The van der Waals surface area contributed by atoms with Crippen molar-refractivity contribution < 1.29 is 13.2 Å². The quantitative estimate of drug-likeness (QED) is 0.905. The molecule has 0 amide bonds. The van der Waals surface area contributed by atoms with E-state index in [-0.39, 0.29) is 5.56 Å². The van der Waals surface area contributed by atoms with Gasteiger partial charge in [0.2, 0.25) is 0 Å². The molecule has 1 heterocycles. The van der Waals surface area contributed by atoms with Crippen LogP contribution in [-0.2, 0) is 7.05 Å². The molecule has 0 aliphatic carbocycles. The van der Waals surface area contributed by atoms with Crippen molar-refractivity contribution in [2.75, 3.05) is 7.05 Å². The Morgan fingerprint density at radius 2 is 1.83 bits per heavy atom. The highest BCUT2D eigenvalue weighted by Gasteiger charge is 2.24. The van der Waals surface area contributed by atoms with Gasteiger partial charge in [0.05, 0.1) is 17.9 Å². The van der Waals surface area contributed by atoms with Gasteiger partial charge in [-0.1, -0.05) is 5.21 Å². The van der Waals surface area contributed by atoms with E-state index in [9.17, 15) is 13.2 Å². The number of hydrogen-bond donors (Lipinski definition) is 1. The lowest BCUT2D eigenvalue weighted by Gasteiger charge is -2.17. The standard InChI is InChI=1S/C11H11F3N4/c1-15-11(9-5-16-17-18(9)2)10-7(13)3-6(12)4-8(10)14/h3-5,11,15H,1-2H3. The highest BCUT2D eigenvalue weighted by atomic mass is 19.1. The molecule has 1 unspecified atom stereocenters. The van der Waals surface area contributed by atoms with Crippen molar-refractivity contribution in [3.05, 3.63) is 47.0 Å². The average molecular weight is 256 g/mol. The summed E-state index contributed by atoms with van der Waals surface area (Å²) in [7, 11) is 3.14. The fourth-order valence-electron chi connectivity index (χ4n) is 1.83. The molecule has 1 aromatic carbocycles.